The number of nitrogens with zero attached hydrogens (tertiary/aromatic N) is 5. The maximum absolute atomic E-state index is 14.2. The summed E-state index contributed by atoms with van der Waals surface area (Å²) in [7, 11) is 0. The molecule has 31 heavy (non-hydrogen) atoms. The highest BCUT2D eigenvalue weighted by Gasteiger charge is 2.16. The smallest absolute Gasteiger partial charge is 0.225 e. The largest absolute Gasteiger partial charge is 0.369 e. The SMILES string of the molecule is C[C@H](Nc1nc(NCCCc2nncs2)c2cc(F)c(Br)cc2n1)c1ncccc1F. The normalized spacial score (nSPS) is 12.1. The van der Waals surface area contributed by atoms with Crippen molar-refractivity contribution >= 4 is 49.9 Å². The zero-order valence-corrected chi connectivity index (χ0v) is 18.8. The minimum atomic E-state index is -0.465. The Hall–Kier alpha value is -2.79. The summed E-state index contributed by atoms with van der Waals surface area (Å²) >= 11 is 4.71. The van der Waals surface area contributed by atoms with E-state index in [4.69, 9.17) is 0 Å². The van der Waals surface area contributed by atoms with Crippen LogP contribution in [-0.4, -0.2) is 31.7 Å². The number of rotatable bonds is 8. The van der Waals surface area contributed by atoms with Gasteiger partial charge in [-0.3, -0.25) is 4.98 Å². The summed E-state index contributed by atoms with van der Waals surface area (Å²) in [4.78, 5) is 13.1. The van der Waals surface area contributed by atoms with Crippen molar-refractivity contribution in [2.75, 3.05) is 17.2 Å². The monoisotopic (exact) mass is 505 g/mol. The summed E-state index contributed by atoms with van der Waals surface area (Å²) in [6.45, 7) is 2.38. The molecule has 0 amide bonds. The van der Waals surface area contributed by atoms with Crippen LogP contribution in [0.4, 0.5) is 20.5 Å². The van der Waals surface area contributed by atoms with Crippen molar-refractivity contribution in [3.8, 4) is 0 Å². The molecule has 0 aliphatic heterocycles. The van der Waals surface area contributed by atoms with E-state index in [-0.39, 0.29) is 11.6 Å². The molecule has 11 heteroatoms. The van der Waals surface area contributed by atoms with Crippen LogP contribution in [0.2, 0.25) is 0 Å². The lowest BCUT2D eigenvalue weighted by molar-refractivity contribution is 0.586. The van der Waals surface area contributed by atoms with Crippen LogP contribution in [0.3, 0.4) is 0 Å². The molecule has 0 saturated carbocycles. The van der Waals surface area contributed by atoms with Gasteiger partial charge in [-0.15, -0.1) is 21.5 Å². The molecule has 160 valence electrons. The van der Waals surface area contributed by atoms with Gasteiger partial charge in [0.1, 0.15) is 28.0 Å². The predicted molar refractivity (Wildman–Crippen MR) is 120 cm³/mol. The molecule has 4 aromatic rings. The minimum absolute atomic E-state index is 0.262. The number of benzene rings is 1. The molecule has 0 saturated heterocycles. The van der Waals surface area contributed by atoms with E-state index >= 15 is 0 Å². The van der Waals surface area contributed by atoms with E-state index in [2.05, 4.69) is 51.7 Å². The molecule has 0 fully saturated rings. The van der Waals surface area contributed by atoms with Crippen LogP contribution in [0.1, 0.15) is 30.1 Å². The Labute approximate surface area is 189 Å². The van der Waals surface area contributed by atoms with Crippen molar-refractivity contribution in [1.29, 1.82) is 0 Å². The van der Waals surface area contributed by atoms with Crippen LogP contribution < -0.4 is 10.6 Å². The molecule has 1 atom stereocenters. The average Bonchev–Trinajstić information content (AvgIpc) is 3.26. The van der Waals surface area contributed by atoms with E-state index in [9.17, 15) is 8.78 Å². The Kier molecular flexibility index (Phi) is 6.62. The molecule has 3 heterocycles. The van der Waals surface area contributed by atoms with Gasteiger partial charge in [-0.2, -0.15) is 4.98 Å². The summed E-state index contributed by atoms with van der Waals surface area (Å²) in [6.07, 6.45) is 3.11. The Bertz CT molecular complexity index is 1190. The van der Waals surface area contributed by atoms with E-state index in [1.165, 1.54) is 35.7 Å². The second kappa shape index (κ2) is 9.56. The third-order valence-electron chi connectivity index (χ3n) is 4.55. The second-order valence-corrected chi connectivity index (χ2v) is 8.55. The predicted octanol–water partition coefficient (Wildman–Crippen LogP) is 5.13. The van der Waals surface area contributed by atoms with Gasteiger partial charge in [0.2, 0.25) is 5.95 Å². The van der Waals surface area contributed by atoms with Gasteiger partial charge in [0.25, 0.3) is 0 Å². The summed E-state index contributed by atoms with van der Waals surface area (Å²) in [5.74, 6) is -0.0409. The van der Waals surface area contributed by atoms with Crippen LogP contribution in [0.15, 0.2) is 40.4 Å². The highest BCUT2D eigenvalue weighted by atomic mass is 79.9. The van der Waals surface area contributed by atoms with Crippen LogP contribution >= 0.6 is 27.3 Å². The molecule has 3 aromatic heterocycles. The van der Waals surface area contributed by atoms with Gasteiger partial charge >= 0.3 is 0 Å². The standard InChI is InChI=1S/C20H18BrF2N7S/c1-11(18-14(22)4-2-6-24-18)27-20-28-16-9-13(21)15(23)8-12(16)19(29-20)25-7-3-5-17-30-26-10-31-17/h2,4,6,8-11H,3,5,7H2,1H3,(H2,25,27,28,29)/t11-/m0/s1. The number of pyridine rings is 1. The van der Waals surface area contributed by atoms with Gasteiger partial charge in [-0.25, -0.2) is 13.8 Å². The van der Waals surface area contributed by atoms with Crippen molar-refractivity contribution in [3.05, 3.63) is 62.8 Å². The molecular formula is C20H18BrF2N7S. The van der Waals surface area contributed by atoms with Crippen LogP contribution in [0.25, 0.3) is 10.9 Å². The number of nitrogens with one attached hydrogen (secondary N) is 2. The van der Waals surface area contributed by atoms with E-state index < -0.39 is 17.7 Å². The fraction of sp³-hybridized carbons (Fsp3) is 0.250. The lowest BCUT2D eigenvalue weighted by atomic mass is 10.2. The Balaban J connectivity index is 1.58. The molecule has 0 aliphatic rings. The van der Waals surface area contributed by atoms with E-state index in [0.29, 0.717) is 27.7 Å². The molecule has 0 aliphatic carbocycles. The van der Waals surface area contributed by atoms with Gasteiger partial charge < -0.3 is 10.6 Å². The lowest BCUT2D eigenvalue weighted by Crippen LogP contribution is -2.14. The number of aromatic nitrogens is 5. The van der Waals surface area contributed by atoms with Crippen molar-refractivity contribution in [3.63, 3.8) is 0 Å². The summed E-state index contributed by atoms with van der Waals surface area (Å²) in [5, 5.41) is 15.7. The molecular weight excluding hydrogens is 488 g/mol. The summed E-state index contributed by atoms with van der Waals surface area (Å²) < 4.78 is 28.6. The Morgan fingerprint density at radius 3 is 2.84 bits per heavy atom. The van der Waals surface area contributed by atoms with Gasteiger partial charge in [0.05, 0.1) is 21.7 Å². The summed E-state index contributed by atoms with van der Waals surface area (Å²) in [6, 6.07) is 5.40. The first kappa shape index (κ1) is 21.4. The third kappa shape index (κ3) is 5.10. The van der Waals surface area contributed by atoms with E-state index in [1.807, 2.05) is 0 Å². The molecule has 0 spiro atoms. The average molecular weight is 506 g/mol. The fourth-order valence-electron chi connectivity index (χ4n) is 3.05. The van der Waals surface area contributed by atoms with E-state index in [0.717, 1.165) is 17.8 Å². The maximum Gasteiger partial charge on any atom is 0.225 e. The highest BCUT2D eigenvalue weighted by molar-refractivity contribution is 9.10. The quantitative estimate of drug-likeness (QED) is 0.320. The highest BCUT2D eigenvalue weighted by Crippen LogP contribution is 2.29. The van der Waals surface area contributed by atoms with Gasteiger partial charge in [-0.05, 0) is 53.5 Å². The molecule has 0 bridgehead atoms. The first-order valence-corrected chi connectivity index (χ1v) is 11.2. The summed E-state index contributed by atoms with van der Waals surface area (Å²) in [5.41, 5.74) is 2.51. The minimum Gasteiger partial charge on any atom is -0.369 e. The topological polar surface area (TPSA) is 88.5 Å². The zero-order valence-electron chi connectivity index (χ0n) is 16.4. The Morgan fingerprint density at radius 2 is 2.06 bits per heavy atom. The third-order valence-corrected chi connectivity index (χ3v) is 5.91. The van der Waals surface area contributed by atoms with Crippen molar-refractivity contribution in [1.82, 2.24) is 25.1 Å². The van der Waals surface area contributed by atoms with Crippen LogP contribution in [-0.2, 0) is 6.42 Å². The van der Waals surface area contributed by atoms with E-state index in [1.54, 1.807) is 18.5 Å². The van der Waals surface area contributed by atoms with Gasteiger partial charge in [0, 0.05) is 24.5 Å². The zero-order chi connectivity index (χ0) is 21.8. The fourth-order valence-corrected chi connectivity index (χ4v) is 3.96. The number of anilines is 2. The van der Waals surface area contributed by atoms with Gasteiger partial charge in [-0.1, -0.05) is 0 Å². The second-order valence-electron chi connectivity index (χ2n) is 6.78. The van der Waals surface area contributed by atoms with Crippen molar-refractivity contribution in [2.24, 2.45) is 0 Å². The number of aryl methyl sites for hydroxylation is 1. The molecule has 4 rings (SSSR count). The molecule has 1 aromatic carbocycles. The van der Waals surface area contributed by atoms with Crippen LogP contribution in [0.5, 0.6) is 0 Å². The first-order chi connectivity index (χ1) is 15.0. The lowest BCUT2D eigenvalue weighted by Gasteiger charge is -2.16. The number of halogens is 3. The molecule has 0 unspecified atom stereocenters. The van der Waals surface area contributed by atoms with Crippen molar-refractivity contribution in [2.45, 2.75) is 25.8 Å². The van der Waals surface area contributed by atoms with Gasteiger partial charge in [0.15, 0.2) is 0 Å². The number of fused-ring (bicyclic) bond motifs is 1. The van der Waals surface area contributed by atoms with Crippen molar-refractivity contribution < 1.29 is 8.78 Å². The number of hydrogen-bond acceptors (Lipinski definition) is 8. The molecule has 0 radical (unpaired) electrons. The Morgan fingerprint density at radius 1 is 1.19 bits per heavy atom. The van der Waals surface area contributed by atoms with Crippen LogP contribution in [0, 0.1) is 11.6 Å². The molecule has 7 nitrogen and oxygen atoms in total. The first-order valence-electron chi connectivity index (χ1n) is 9.54. The number of hydrogen-bond donors (Lipinski definition) is 2. The maximum atomic E-state index is 14.2. The molecule has 2 N–H and O–H groups in total.